The third-order valence-corrected chi connectivity index (χ3v) is 1.72. The molecule has 0 aliphatic heterocycles. The van der Waals surface area contributed by atoms with Crippen molar-refractivity contribution in [2.75, 3.05) is 0 Å². The Morgan fingerprint density at radius 2 is 1.73 bits per heavy atom. The number of rotatable bonds is 0. The molecule has 0 aromatic carbocycles. The summed E-state index contributed by atoms with van der Waals surface area (Å²) in [7, 11) is 0. The van der Waals surface area contributed by atoms with E-state index in [4.69, 9.17) is 4.79 Å². The van der Waals surface area contributed by atoms with E-state index >= 15 is 0 Å². The van der Waals surface area contributed by atoms with E-state index in [0.717, 1.165) is 6.04 Å². The monoisotopic (exact) mass is 176 g/mol. The van der Waals surface area contributed by atoms with Gasteiger partial charge in [0, 0.05) is 0 Å². The van der Waals surface area contributed by atoms with E-state index in [-0.39, 0.29) is 0 Å². The van der Waals surface area contributed by atoms with Gasteiger partial charge in [0.05, 0.1) is 11.3 Å². The molecule has 5 N–H and O–H groups in total. The number of amides is 1. The molecule has 1 fully saturated rings. The van der Waals surface area contributed by atoms with E-state index in [1.165, 1.54) is 32.1 Å². The van der Waals surface area contributed by atoms with Crippen molar-refractivity contribution in [2.45, 2.75) is 38.1 Å². The van der Waals surface area contributed by atoms with Gasteiger partial charge < -0.3 is 28.9 Å². The lowest BCUT2D eigenvalue weighted by Gasteiger charge is -2.12. The molecule has 11 heavy (non-hydrogen) atoms. The Kier molecular flexibility index (Phi) is 6.16. The zero-order chi connectivity index (χ0) is 8.69. The van der Waals surface area contributed by atoms with Crippen molar-refractivity contribution in [3.8, 4) is 0 Å². The Labute approximate surface area is 72.9 Å². The molecule has 0 aromatic rings. The van der Waals surface area contributed by atoms with Crippen LogP contribution in [0, 0.1) is 0 Å². The summed E-state index contributed by atoms with van der Waals surface area (Å²) in [5, 5.41) is -0.750. The molecule has 0 radical (unpaired) electrons. The molecular formula is C7H16N2OS. The molecule has 1 rings (SSSR count). The van der Waals surface area contributed by atoms with E-state index in [2.05, 4.69) is 24.1 Å². The lowest BCUT2D eigenvalue weighted by Crippen LogP contribution is -2.61. The average Bonchev–Trinajstić information content (AvgIpc) is 1.87. The van der Waals surface area contributed by atoms with E-state index in [1.54, 1.807) is 0 Å². The maximum atomic E-state index is 9.04. The Bertz CT molecular complexity index is 109. The first-order valence-corrected chi connectivity index (χ1v) is 4.33. The molecule has 1 saturated carbocycles. The van der Waals surface area contributed by atoms with Crippen LogP contribution >= 0.6 is 0 Å². The molecule has 0 aromatic heterocycles. The SMILES string of the molecule is NC(=O)[S-].[NH3+]C1CCCCC1. The maximum absolute atomic E-state index is 9.04. The first-order valence-electron chi connectivity index (χ1n) is 3.92. The van der Waals surface area contributed by atoms with Crippen molar-refractivity contribution in [1.82, 2.24) is 0 Å². The molecule has 0 saturated heterocycles. The van der Waals surface area contributed by atoms with Crippen LogP contribution in [0.2, 0.25) is 0 Å². The lowest BCUT2D eigenvalue weighted by molar-refractivity contribution is -0.425. The normalized spacial score (nSPS) is 18.3. The van der Waals surface area contributed by atoms with Gasteiger partial charge in [0.1, 0.15) is 0 Å². The van der Waals surface area contributed by atoms with E-state index in [9.17, 15) is 0 Å². The first-order chi connectivity index (χ1) is 5.13. The summed E-state index contributed by atoms with van der Waals surface area (Å²) >= 11 is 3.76. The minimum Gasteiger partial charge on any atom is -0.719 e. The highest BCUT2D eigenvalue weighted by Gasteiger charge is 2.09. The number of quaternary nitrogens is 1. The lowest BCUT2D eigenvalue weighted by atomic mass is 9.97. The number of hydrogen-bond donors (Lipinski definition) is 2. The van der Waals surface area contributed by atoms with Gasteiger partial charge >= 0.3 is 0 Å². The number of nitrogens with two attached hydrogens (primary N) is 1. The Balaban J connectivity index is 0.000000218. The molecule has 0 heterocycles. The topological polar surface area (TPSA) is 70.7 Å². The van der Waals surface area contributed by atoms with Crippen molar-refractivity contribution < 1.29 is 10.5 Å². The van der Waals surface area contributed by atoms with Crippen LogP contribution < -0.4 is 11.5 Å². The largest absolute Gasteiger partial charge is 0.719 e. The highest BCUT2D eigenvalue weighted by atomic mass is 32.1. The second-order valence-corrected chi connectivity index (χ2v) is 3.23. The first kappa shape index (κ1) is 10.7. The van der Waals surface area contributed by atoms with Crippen molar-refractivity contribution in [2.24, 2.45) is 5.73 Å². The summed E-state index contributed by atoms with van der Waals surface area (Å²) in [6, 6.07) is 0.786. The summed E-state index contributed by atoms with van der Waals surface area (Å²) in [6.45, 7) is 0. The summed E-state index contributed by atoms with van der Waals surface area (Å²) in [5.41, 5.74) is 8.28. The van der Waals surface area contributed by atoms with Gasteiger partial charge in [-0.2, -0.15) is 0 Å². The zero-order valence-electron chi connectivity index (χ0n) is 6.71. The summed E-state index contributed by atoms with van der Waals surface area (Å²) in [4.78, 5) is 9.04. The molecule has 66 valence electrons. The third kappa shape index (κ3) is 9.65. The van der Waals surface area contributed by atoms with Crippen molar-refractivity contribution in [3.63, 3.8) is 0 Å². The summed E-state index contributed by atoms with van der Waals surface area (Å²) in [5.74, 6) is 0. The van der Waals surface area contributed by atoms with Crippen molar-refractivity contribution in [1.29, 1.82) is 0 Å². The van der Waals surface area contributed by atoms with E-state index < -0.39 is 5.24 Å². The Morgan fingerprint density at radius 3 is 1.91 bits per heavy atom. The van der Waals surface area contributed by atoms with Gasteiger partial charge in [-0.15, -0.1) is 0 Å². The van der Waals surface area contributed by atoms with Crippen LogP contribution in [0.25, 0.3) is 0 Å². The van der Waals surface area contributed by atoms with Gasteiger partial charge in [-0.3, -0.25) is 0 Å². The number of hydrogen-bond acceptors (Lipinski definition) is 2. The number of carbonyl (C=O) groups is 1. The van der Waals surface area contributed by atoms with Gasteiger partial charge in [0.2, 0.25) is 0 Å². The van der Waals surface area contributed by atoms with Gasteiger partial charge in [-0.1, -0.05) is 6.42 Å². The van der Waals surface area contributed by atoms with Gasteiger partial charge in [0.25, 0.3) is 0 Å². The average molecular weight is 176 g/mol. The zero-order valence-corrected chi connectivity index (χ0v) is 7.53. The van der Waals surface area contributed by atoms with Crippen molar-refractivity contribution >= 4 is 17.9 Å². The molecular weight excluding hydrogens is 160 g/mol. The molecule has 0 spiro atoms. The second kappa shape index (κ2) is 6.37. The molecule has 1 aliphatic carbocycles. The van der Waals surface area contributed by atoms with Crippen LogP contribution in [0.1, 0.15) is 32.1 Å². The quantitative estimate of drug-likeness (QED) is 0.517. The van der Waals surface area contributed by atoms with Crippen LogP contribution in [0.15, 0.2) is 0 Å². The van der Waals surface area contributed by atoms with Crippen LogP contribution in [0.3, 0.4) is 0 Å². The highest BCUT2D eigenvalue weighted by molar-refractivity contribution is 7.76. The number of primary amides is 1. The summed E-state index contributed by atoms with van der Waals surface area (Å²) in [6.07, 6.45) is 7.05. The van der Waals surface area contributed by atoms with Crippen LogP contribution in [-0.2, 0) is 12.6 Å². The van der Waals surface area contributed by atoms with E-state index in [0.29, 0.717) is 0 Å². The minimum atomic E-state index is -0.750. The van der Waals surface area contributed by atoms with Crippen LogP contribution in [-0.4, -0.2) is 11.3 Å². The van der Waals surface area contributed by atoms with Gasteiger partial charge in [-0.05, 0) is 25.7 Å². The third-order valence-electron chi connectivity index (χ3n) is 1.72. The second-order valence-electron chi connectivity index (χ2n) is 2.82. The van der Waals surface area contributed by atoms with E-state index in [1.807, 2.05) is 0 Å². The number of carbonyl (C=O) groups excluding carboxylic acids is 1. The van der Waals surface area contributed by atoms with Crippen LogP contribution in [0.5, 0.6) is 0 Å². The molecule has 0 atom stereocenters. The fraction of sp³-hybridized carbons (Fsp3) is 0.857. The molecule has 3 nitrogen and oxygen atoms in total. The standard InChI is InChI=1S/C6H13N.CH3NOS/c7-6-4-2-1-3-5-6;2-1(3)4/h6H,1-5,7H2;(H3,2,3,4). The minimum absolute atomic E-state index is 0.750. The molecule has 1 aliphatic rings. The maximum Gasteiger partial charge on any atom is 0.0954 e. The molecule has 1 amide bonds. The smallest absolute Gasteiger partial charge is 0.0954 e. The Hall–Kier alpha value is -0.350. The Morgan fingerprint density at radius 1 is 1.36 bits per heavy atom. The molecule has 4 heteroatoms. The summed E-state index contributed by atoms with van der Waals surface area (Å²) < 4.78 is 0. The van der Waals surface area contributed by atoms with Crippen molar-refractivity contribution in [3.05, 3.63) is 0 Å². The molecule has 0 bridgehead atoms. The molecule has 0 unspecified atom stereocenters. The highest BCUT2D eigenvalue weighted by Crippen LogP contribution is 2.13. The predicted molar refractivity (Wildman–Crippen MR) is 46.7 cm³/mol. The van der Waals surface area contributed by atoms with Gasteiger partial charge in [0.15, 0.2) is 0 Å². The predicted octanol–water partition coefficient (Wildman–Crippen LogP) is 0.173. The van der Waals surface area contributed by atoms with Gasteiger partial charge in [-0.25, -0.2) is 0 Å². The fourth-order valence-corrected chi connectivity index (χ4v) is 1.19. The van der Waals surface area contributed by atoms with Crippen LogP contribution in [0.4, 0.5) is 4.79 Å². The fourth-order valence-electron chi connectivity index (χ4n) is 1.19.